The Balaban J connectivity index is 3.36. The SMILES string of the molecule is C=C/C=C\C1=C(C)OC(C=C)=C(N=C)[C@H](CN)[C@@H]1C. The zero-order chi connectivity index (χ0) is 14.4. The largest absolute Gasteiger partial charge is 0.460 e. The number of allylic oxidation sites excluding steroid dienone is 6. The smallest absolute Gasteiger partial charge is 0.148 e. The van der Waals surface area contributed by atoms with Crippen LogP contribution in [0.25, 0.3) is 0 Å². The molecule has 0 spiro atoms. The molecule has 0 amide bonds. The van der Waals surface area contributed by atoms with Crippen LogP contribution in [0.15, 0.2) is 65.2 Å². The van der Waals surface area contributed by atoms with Gasteiger partial charge in [-0.3, -0.25) is 4.99 Å². The average Bonchev–Trinajstić information content (AvgIpc) is 2.51. The number of hydrogen-bond acceptors (Lipinski definition) is 3. The van der Waals surface area contributed by atoms with Crippen molar-refractivity contribution in [2.24, 2.45) is 22.6 Å². The van der Waals surface area contributed by atoms with Crippen molar-refractivity contribution in [1.29, 1.82) is 0 Å². The minimum absolute atomic E-state index is 0.0624. The molecule has 0 aliphatic carbocycles. The number of rotatable bonds is 5. The number of nitrogens with zero attached hydrogens (tertiary/aromatic N) is 1. The van der Waals surface area contributed by atoms with E-state index in [1.54, 1.807) is 12.2 Å². The summed E-state index contributed by atoms with van der Waals surface area (Å²) < 4.78 is 5.84. The van der Waals surface area contributed by atoms with Gasteiger partial charge in [-0.15, -0.1) is 0 Å². The van der Waals surface area contributed by atoms with Crippen molar-refractivity contribution in [3.8, 4) is 0 Å². The van der Waals surface area contributed by atoms with Gasteiger partial charge in [0.2, 0.25) is 0 Å². The third kappa shape index (κ3) is 3.12. The van der Waals surface area contributed by atoms with Crippen LogP contribution < -0.4 is 5.73 Å². The Bertz CT molecular complexity index is 469. The summed E-state index contributed by atoms with van der Waals surface area (Å²) in [5.41, 5.74) is 7.76. The van der Waals surface area contributed by atoms with E-state index in [1.165, 1.54) is 0 Å². The molecule has 0 aromatic carbocycles. The van der Waals surface area contributed by atoms with Crippen molar-refractivity contribution >= 4 is 6.72 Å². The highest BCUT2D eigenvalue weighted by Gasteiger charge is 2.29. The molecular weight excluding hydrogens is 236 g/mol. The molecule has 2 atom stereocenters. The molecule has 1 aliphatic rings. The van der Waals surface area contributed by atoms with Gasteiger partial charge in [0, 0.05) is 12.5 Å². The topological polar surface area (TPSA) is 47.6 Å². The van der Waals surface area contributed by atoms with E-state index in [1.807, 2.05) is 19.1 Å². The maximum atomic E-state index is 5.90. The second kappa shape index (κ2) is 6.90. The zero-order valence-corrected chi connectivity index (χ0v) is 11.7. The molecule has 0 aromatic heterocycles. The van der Waals surface area contributed by atoms with Crippen LogP contribution in [0.2, 0.25) is 0 Å². The molecule has 0 fully saturated rings. The normalized spacial score (nSPS) is 24.2. The first-order valence-electron chi connectivity index (χ1n) is 6.31. The number of ether oxygens (including phenoxy) is 1. The molecule has 3 nitrogen and oxygen atoms in total. The van der Waals surface area contributed by atoms with Crippen LogP contribution in [0.5, 0.6) is 0 Å². The molecular formula is C16H22N2O. The van der Waals surface area contributed by atoms with E-state index < -0.39 is 0 Å². The highest BCUT2D eigenvalue weighted by molar-refractivity contribution is 5.39. The predicted octanol–water partition coefficient (Wildman–Crippen LogP) is 3.34. The highest BCUT2D eigenvalue weighted by Crippen LogP contribution is 2.36. The third-order valence-corrected chi connectivity index (χ3v) is 3.39. The summed E-state index contributed by atoms with van der Waals surface area (Å²) in [5.74, 6) is 1.72. The van der Waals surface area contributed by atoms with Gasteiger partial charge in [-0.1, -0.05) is 38.3 Å². The Morgan fingerprint density at radius 3 is 2.58 bits per heavy atom. The molecule has 1 aliphatic heterocycles. The van der Waals surface area contributed by atoms with E-state index in [0.717, 1.165) is 17.0 Å². The standard InChI is InChI=1S/C16H22N2O/c1-6-8-9-13-11(3)14(10-17)16(18-5)15(7-2)19-12(13)4/h6-9,11,14H,1-2,5,10,17H2,3-4H3/b9-8-/t11-,14-/m1/s1. The average molecular weight is 258 g/mol. The van der Waals surface area contributed by atoms with Crippen molar-refractivity contribution in [2.75, 3.05) is 6.54 Å². The fraction of sp³-hybridized carbons (Fsp3) is 0.312. The van der Waals surface area contributed by atoms with Gasteiger partial charge in [0.25, 0.3) is 0 Å². The number of aliphatic imine (C=N–C) groups is 1. The minimum Gasteiger partial charge on any atom is -0.460 e. The molecule has 0 aromatic rings. The van der Waals surface area contributed by atoms with Crippen LogP contribution in [0.3, 0.4) is 0 Å². The summed E-state index contributed by atoms with van der Waals surface area (Å²) in [6.07, 6.45) is 7.29. The lowest BCUT2D eigenvalue weighted by atomic mass is 9.84. The number of hydrogen-bond donors (Lipinski definition) is 1. The van der Waals surface area contributed by atoms with E-state index in [9.17, 15) is 0 Å². The quantitative estimate of drug-likeness (QED) is 0.607. The highest BCUT2D eigenvalue weighted by atomic mass is 16.5. The van der Waals surface area contributed by atoms with E-state index in [2.05, 4.69) is 31.8 Å². The van der Waals surface area contributed by atoms with Gasteiger partial charge >= 0.3 is 0 Å². The summed E-state index contributed by atoms with van der Waals surface area (Å²) in [6.45, 7) is 15.6. The molecule has 102 valence electrons. The Kier molecular flexibility index (Phi) is 5.52. The predicted molar refractivity (Wildman–Crippen MR) is 81.6 cm³/mol. The van der Waals surface area contributed by atoms with Gasteiger partial charge in [0.05, 0.1) is 5.70 Å². The van der Waals surface area contributed by atoms with Crippen LogP contribution in [0.1, 0.15) is 13.8 Å². The van der Waals surface area contributed by atoms with Gasteiger partial charge in [-0.25, -0.2) is 0 Å². The molecule has 1 heterocycles. The zero-order valence-electron chi connectivity index (χ0n) is 11.7. The van der Waals surface area contributed by atoms with Crippen LogP contribution in [-0.4, -0.2) is 13.3 Å². The fourth-order valence-corrected chi connectivity index (χ4v) is 2.33. The van der Waals surface area contributed by atoms with E-state index >= 15 is 0 Å². The van der Waals surface area contributed by atoms with Gasteiger partial charge in [0.15, 0.2) is 0 Å². The maximum absolute atomic E-state index is 5.90. The Morgan fingerprint density at radius 1 is 1.42 bits per heavy atom. The number of nitrogens with two attached hydrogens (primary N) is 1. The van der Waals surface area contributed by atoms with Crippen LogP contribution in [-0.2, 0) is 4.74 Å². The first-order valence-corrected chi connectivity index (χ1v) is 6.31. The van der Waals surface area contributed by atoms with E-state index in [4.69, 9.17) is 10.5 Å². The van der Waals surface area contributed by atoms with Crippen LogP contribution in [0, 0.1) is 11.8 Å². The van der Waals surface area contributed by atoms with Crippen molar-refractivity contribution in [3.63, 3.8) is 0 Å². The lowest BCUT2D eigenvalue weighted by Gasteiger charge is -2.22. The summed E-state index contributed by atoms with van der Waals surface area (Å²) in [4.78, 5) is 4.09. The van der Waals surface area contributed by atoms with Crippen molar-refractivity contribution in [2.45, 2.75) is 13.8 Å². The first-order chi connectivity index (χ1) is 9.10. The lowest BCUT2D eigenvalue weighted by Crippen LogP contribution is -2.24. The Morgan fingerprint density at radius 2 is 2.11 bits per heavy atom. The summed E-state index contributed by atoms with van der Waals surface area (Å²) in [7, 11) is 0. The fourth-order valence-electron chi connectivity index (χ4n) is 2.33. The van der Waals surface area contributed by atoms with Crippen molar-refractivity contribution in [3.05, 3.63) is 60.3 Å². The van der Waals surface area contributed by atoms with Gasteiger partial charge in [-0.2, -0.15) is 0 Å². The summed E-state index contributed by atoms with van der Waals surface area (Å²) in [6, 6.07) is 0. The molecule has 0 radical (unpaired) electrons. The van der Waals surface area contributed by atoms with Crippen molar-refractivity contribution < 1.29 is 4.74 Å². The van der Waals surface area contributed by atoms with Gasteiger partial charge in [0.1, 0.15) is 11.5 Å². The van der Waals surface area contributed by atoms with Crippen LogP contribution in [0.4, 0.5) is 0 Å². The monoisotopic (exact) mass is 258 g/mol. The molecule has 19 heavy (non-hydrogen) atoms. The van der Waals surface area contributed by atoms with E-state index in [0.29, 0.717) is 12.3 Å². The third-order valence-electron chi connectivity index (χ3n) is 3.39. The molecule has 0 bridgehead atoms. The Labute approximate surface area is 115 Å². The summed E-state index contributed by atoms with van der Waals surface area (Å²) >= 11 is 0. The van der Waals surface area contributed by atoms with E-state index in [-0.39, 0.29) is 11.8 Å². The molecule has 1 rings (SSSR count). The molecule has 0 saturated carbocycles. The first kappa shape index (κ1) is 15.2. The van der Waals surface area contributed by atoms with Gasteiger partial charge < -0.3 is 10.5 Å². The van der Waals surface area contributed by atoms with Crippen molar-refractivity contribution in [1.82, 2.24) is 0 Å². The summed E-state index contributed by atoms with van der Waals surface area (Å²) in [5, 5.41) is 0. The maximum Gasteiger partial charge on any atom is 0.148 e. The molecule has 3 heteroatoms. The minimum atomic E-state index is 0.0624. The lowest BCUT2D eigenvalue weighted by molar-refractivity contribution is 0.315. The molecule has 2 N–H and O–H groups in total. The second-order valence-electron chi connectivity index (χ2n) is 4.45. The molecule has 0 unspecified atom stereocenters. The second-order valence-corrected chi connectivity index (χ2v) is 4.45. The van der Waals surface area contributed by atoms with Gasteiger partial charge in [-0.05, 0) is 31.2 Å². The molecule has 0 saturated heterocycles. The Hall–Kier alpha value is -1.87. The van der Waals surface area contributed by atoms with Crippen LogP contribution >= 0.6 is 0 Å².